The lowest BCUT2D eigenvalue weighted by molar-refractivity contribution is 0.0856. The van der Waals surface area contributed by atoms with Crippen molar-refractivity contribution in [3.05, 3.63) is 36.5 Å². The molecule has 20 heavy (non-hydrogen) atoms. The predicted octanol–water partition coefficient (Wildman–Crippen LogP) is 3.78. The van der Waals surface area contributed by atoms with Crippen LogP contribution in [0.4, 0.5) is 0 Å². The van der Waals surface area contributed by atoms with Crippen molar-refractivity contribution < 1.29 is 4.74 Å². The maximum absolute atomic E-state index is 6.31. The highest BCUT2D eigenvalue weighted by atomic mass is 16.5. The van der Waals surface area contributed by atoms with E-state index in [1.165, 1.54) is 0 Å². The second-order valence-electron chi connectivity index (χ2n) is 5.41. The summed E-state index contributed by atoms with van der Waals surface area (Å²) in [5.41, 5.74) is 0.782. The van der Waals surface area contributed by atoms with Gasteiger partial charge in [-0.2, -0.15) is 0 Å². The molecule has 1 atom stereocenters. The van der Waals surface area contributed by atoms with Crippen LogP contribution in [-0.4, -0.2) is 23.7 Å². The quantitative estimate of drug-likeness (QED) is 0.779. The van der Waals surface area contributed by atoms with Gasteiger partial charge >= 0.3 is 0 Å². The van der Waals surface area contributed by atoms with E-state index in [1.54, 1.807) is 0 Å². The first kappa shape index (κ1) is 14.8. The summed E-state index contributed by atoms with van der Waals surface area (Å²) in [5.74, 6) is 0.915. The van der Waals surface area contributed by atoms with Crippen molar-refractivity contribution in [2.75, 3.05) is 13.1 Å². The van der Waals surface area contributed by atoms with Crippen molar-refractivity contribution in [1.82, 2.24) is 10.3 Å². The van der Waals surface area contributed by atoms with Crippen molar-refractivity contribution in [3.8, 4) is 5.75 Å². The fourth-order valence-electron chi connectivity index (χ4n) is 2.19. The molecule has 0 saturated carbocycles. The van der Waals surface area contributed by atoms with E-state index in [-0.39, 0.29) is 5.60 Å². The molecule has 1 heterocycles. The Bertz CT molecular complexity index is 550. The minimum atomic E-state index is -0.195. The molecule has 0 spiro atoms. The summed E-state index contributed by atoms with van der Waals surface area (Å²) in [6.45, 7) is 8.37. The average molecular weight is 272 g/mol. The average Bonchev–Trinajstić information content (AvgIpc) is 2.48. The number of nitrogens with one attached hydrogen (secondary N) is 1. The summed E-state index contributed by atoms with van der Waals surface area (Å²) in [4.78, 5) is 4.38. The number of rotatable bonds is 7. The second-order valence-corrected chi connectivity index (χ2v) is 5.41. The van der Waals surface area contributed by atoms with E-state index in [4.69, 9.17) is 4.74 Å². The molecule has 0 bridgehead atoms. The predicted molar refractivity (Wildman–Crippen MR) is 84.2 cm³/mol. The summed E-state index contributed by atoms with van der Waals surface area (Å²) in [6.07, 6.45) is 3.91. The van der Waals surface area contributed by atoms with Gasteiger partial charge < -0.3 is 10.1 Å². The third-order valence-corrected chi connectivity index (χ3v) is 3.64. The van der Waals surface area contributed by atoms with Gasteiger partial charge in [0, 0.05) is 18.1 Å². The Balaban J connectivity index is 2.20. The number of fused-ring (bicyclic) bond motifs is 1. The van der Waals surface area contributed by atoms with Crippen LogP contribution in [-0.2, 0) is 0 Å². The smallest absolute Gasteiger partial charge is 0.129 e. The van der Waals surface area contributed by atoms with E-state index in [0.29, 0.717) is 0 Å². The van der Waals surface area contributed by atoms with E-state index in [9.17, 15) is 0 Å². The molecule has 3 heteroatoms. The van der Waals surface area contributed by atoms with Crippen molar-refractivity contribution in [2.45, 2.75) is 39.2 Å². The van der Waals surface area contributed by atoms with Gasteiger partial charge in [-0.15, -0.1) is 0 Å². The normalized spacial score (nSPS) is 14.2. The molecule has 1 aromatic heterocycles. The number of hydrogen-bond donors (Lipinski definition) is 1. The molecule has 0 amide bonds. The van der Waals surface area contributed by atoms with E-state index < -0.39 is 0 Å². The molecule has 0 radical (unpaired) electrons. The number of hydrogen-bond acceptors (Lipinski definition) is 3. The summed E-state index contributed by atoms with van der Waals surface area (Å²) < 4.78 is 6.31. The molecule has 0 aliphatic heterocycles. The monoisotopic (exact) mass is 272 g/mol. The summed E-state index contributed by atoms with van der Waals surface area (Å²) in [7, 11) is 0. The molecule has 0 aliphatic rings. The summed E-state index contributed by atoms with van der Waals surface area (Å²) in [5, 5.41) is 4.53. The van der Waals surface area contributed by atoms with Gasteiger partial charge in [0.2, 0.25) is 0 Å². The molecule has 0 aliphatic carbocycles. The number of nitrogens with zero attached hydrogens (tertiary/aromatic N) is 1. The zero-order valence-electron chi connectivity index (χ0n) is 12.6. The van der Waals surface area contributed by atoms with Gasteiger partial charge in [-0.05, 0) is 50.6 Å². The van der Waals surface area contributed by atoms with Crippen LogP contribution in [0.3, 0.4) is 0 Å². The Kier molecular flexibility index (Phi) is 4.96. The van der Waals surface area contributed by atoms with E-state index in [0.717, 1.165) is 42.6 Å². The Morgan fingerprint density at radius 3 is 2.80 bits per heavy atom. The van der Waals surface area contributed by atoms with Gasteiger partial charge in [0.05, 0.1) is 5.52 Å². The molecule has 2 rings (SSSR count). The molecule has 0 saturated heterocycles. The van der Waals surface area contributed by atoms with Crippen LogP contribution in [0.15, 0.2) is 36.5 Å². The van der Waals surface area contributed by atoms with E-state index in [1.807, 2.05) is 30.5 Å². The SMILES string of the molecule is CCCNCC(C)(CC)Oc1cccc2ncccc12. The first-order chi connectivity index (χ1) is 9.68. The highest BCUT2D eigenvalue weighted by molar-refractivity contribution is 5.84. The highest BCUT2D eigenvalue weighted by Gasteiger charge is 2.24. The fraction of sp³-hybridized carbons (Fsp3) is 0.471. The van der Waals surface area contributed by atoms with Crippen molar-refractivity contribution >= 4 is 10.9 Å². The molecular formula is C17H24N2O. The zero-order chi connectivity index (χ0) is 14.4. The lowest BCUT2D eigenvalue weighted by atomic mass is 10.0. The van der Waals surface area contributed by atoms with Crippen LogP contribution >= 0.6 is 0 Å². The number of pyridine rings is 1. The molecule has 3 nitrogen and oxygen atoms in total. The maximum Gasteiger partial charge on any atom is 0.129 e. The summed E-state index contributed by atoms with van der Waals surface area (Å²) in [6, 6.07) is 10.1. The third kappa shape index (κ3) is 3.48. The van der Waals surface area contributed by atoms with Crippen molar-refractivity contribution in [2.24, 2.45) is 0 Å². The van der Waals surface area contributed by atoms with Gasteiger partial charge in [-0.1, -0.05) is 19.9 Å². The number of aromatic nitrogens is 1. The first-order valence-corrected chi connectivity index (χ1v) is 7.42. The minimum Gasteiger partial charge on any atom is -0.486 e. The topological polar surface area (TPSA) is 34.1 Å². The largest absolute Gasteiger partial charge is 0.486 e. The molecule has 1 N–H and O–H groups in total. The molecule has 1 aromatic carbocycles. The third-order valence-electron chi connectivity index (χ3n) is 3.64. The fourth-order valence-corrected chi connectivity index (χ4v) is 2.19. The molecule has 0 fully saturated rings. The Morgan fingerprint density at radius 1 is 1.20 bits per heavy atom. The highest BCUT2D eigenvalue weighted by Crippen LogP contribution is 2.28. The Morgan fingerprint density at radius 2 is 2.05 bits per heavy atom. The molecule has 108 valence electrons. The first-order valence-electron chi connectivity index (χ1n) is 7.42. The standard InChI is InChI=1S/C17H24N2O/c1-4-11-18-13-17(3,5-2)20-16-10-6-9-15-14(16)8-7-12-19-15/h6-10,12,18H,4-5,11,13H2,1-3H3. The van der Waals surface area contributed by atoms with E-state index in [2.05, 4.69) is 37.1 Å². The van der Waals surface area contributed by atoms with Crippen LogP contribution in [0.25, 0.3) is 10.9 Å². The second kappa shape index (κ2) is 6.71. The number of benzene rings is 1. The van der Waals surface area contributed by atoms with Gasteiger partial charge in [0.15, 0.2) is 0 Å². The molecular weight excluding hydrogens is 248 g/mol. The van der Waals surface area contributed by atoms with Crippen LogP contribution in [0.2, 0.25) is 0 Å². The van der Waals surface area contributed by atoms with Crippen LogP contribution in [0.1, 0.15) is 33.6 Å². The van der Waals surface area contributed by atoms with Crippen molar-refractivity contribution in [3.63, 3.8) is 0 Å². The van der Waals surface area contributed by atoms with Gasteiger partial charge in [0.1, 0.15) is 11.4 Å². The lowest BCUT2D eigenvalue weighted by Gasteiger charge is -2.30. The zero-order valence-corrected chi connectivity index (χ0v) is 12.6. The van der Waals surface area contributed by atoms with Gasteiger partial charge in [-0.25, -0.2) is 0 Å². The van der Waals surface area contributed by atoms with Crippen LogP contribution in [0.5, 0.6) is 5.75 Å². The van der Waals surface area contributed by atoms with Crippen LogP contribution in [0, 0.1) is 0 Å². The Labute approximate surface area is 121 Å². The minimum absolute atomic E-state index is 0.195. The van der Waals surface area contributed by atoms with E-state index >= 15 is 0 Å². The van der Waals surface area contributed by atoms with Crippen LogP contribution < -0.4 is 10.1 Å². The molecule has 2 aromatic rings. The van der Waals surface area contributed by atoms with Gasteiger partial charge in [0.25, 0.3) is 0 Å². The number of ether oxygens (including phenoxy) is 1. The Hall–Kier alpha value is -1.61. The summed E-state index contributed by atoms with van der Waals surface area (Å²) >= 11 is 0. The lowest BCUT2D eigenvalue weighted by Crippen LogP contribution is -2.42. The van der Waals surface area contributed by atoms with Crippen molar-refractivity contribution in [1.29, 1.82) is 0 Å². The maximum atomic E-state index is 6.31. The van der Waals surface area contributed by atoms with Gasteiger partial charge in [-0.3, -0.25) is 4.98 Å². The molecule has 1 unspecified atom stereocenters.